The molecule has 0 saturated carbocycles. The number of sulfonamides is 1. The molecule has 0 fully saturated rings. The molecule has 8 heteroatoms. The van der Waals surface area contributed by atoms with Crippen molar-refractivity contribution in [3.05, 3.63) is 29.8 Å². The van der Waals surface area contributed by atoms with Gasteiger partial charge in [-0.3, -0.25) is 0 Å². The van der Waals surface area contributed by atoms with Crippen molar-refractivity contribution in [1.82, 2.24) is 15.3 Å². The molecule has 0 aliphatic carbocycles. The number of aryl methyl sites for hydroxylation is 1. The Labute approximate surface area is 111 Å². The average Bonchev–Trinajstić information content (AvgIpc) is 2.33. The van der Waals surface area contributed by atoms with E-state index in [9.17, 15) is 13.2 Å². The number of carbonyl (C=O) groups is 1. The SMILES string of the molecule is CC1=NNC(=O)N(NS(=O)(=O)c2cccc(C)c2)C1. The van der Waals surface area contributed by atoms with Crippen molar-refractivity contribution in [3.8, 4) is 0 Å². The summed E-state index contributed by atoms with van der Waals surface area (Å²) >= 11 is 0. The van der Waals surface area contributed by atoms with Crippen LogP contribution in [-0.4, -0.2) is 31.7 Å². The monoisotopic (exact) mass is 282 g/mol. The molecule has 0 unspecified atom stereocenters. The van der Waals surface area contributed by atoms with E-state index in [1.54, 1.807) is 26.0 Å². The van der Waals surface area contributed by atoms with Gasteiger partial charge in [0.1, 0.15) is 0 Å². The molecule has 1 aromatic rings. The highest BCUT2D eigenvalue weighted by Gasteiger charge is 2.25. The lowest BCUT2D eigenvalue weighted by atomic mass is 10.2. The molecule has 0 saturated heterocycles. The number of rotatable bonds is 3. The molecule has 0 aromatic heterocycles. The highest BCUT2D eigenvalue weighted by molar-refractivity contribution is 7.89. The first kappa shape index (κ1) is 13.5. The minimum Gasteiger partial charge on any atom is -0.245 e. The van der Waals surface area contributed by atoms with Crippen molar-refractivity contribution in [2.75, 3.05) is 6.54 Å². The van der Waals surface area contributed by atoms with Crippen LogP contribution in [0.2, 0.25) is 0 Å². The van der Waals surface area contributed by atoms with E-state index in [2.05, 4.69) is 15.4 Å². The molecular weight excluding hydrogens is 268 g/mol. The van der Waals surface area contributed by atoms with E-state index in [-0.39, 0.29) is 11.4 Å². The second-order valence-corrected chi connectivity index (χ2v) is 5.92. The number of hydrazone groups is 1. The highest BCUT2D eigenvalue weighted by Crippen LogP contribution is 2.11. The Kier molecular flexibility index (Phi) is 3.54. The Balaban J connectivity index is 2.22. The van der Waals surface area contributed by atoms with Crippen molar-refractivity contribution in [2.24, 2.45) is 5.10 Å². The molecule has 2 N–H and O–H groups in total. The van der Waals surface area contributed by atoms with Gasteiger partial charge in [-0.2, -0.15) is 5.10 Å². The largest absolute Gasteiger partial charge is 0.353 e. The summed E-state index contributed by atoms with van der Waals surface area (Å²) in [4.78, 5) is 13.8. The van der Waals surface area contributed by atoms with E-state index in [1.165, 1.54) is 12.1 Å². The Bertz CT molecular complexity index is 639. The van der Waals surface area contributed by atoms with Crippen LogP contribution < -0.4 is 10.3 Å². The first-order valence-corrected chi connectivity index (χ1v) is 7.06. The first-order chi connectivity index (χ1) is 8.88. The molecule has 0 spiro atoms. The number of hydrazine groups is 1. The zero-order valence-electron chi connectivity index (χ0n) is 10.5. The maximum atomic E-state index is 12.1. The van der Waals surface area contributed by atoms with Crippen LogP contribution in [0.15, 0.2) is 34.3 Å². The third-order valence-electron chi connectivity index (χ3n) is 2.50. The number of amides is 2. The van der Waals surface area contributed by atoms with Crippen LogP contribution in [0.4, 0.5) is 4.79 Å². The van der Waals surface area contributed by atoms with Crippen molar-refractivity contribution in [3.63, 3.8) is 0 Å². The van der Waals surface area contributed by atoms with Crippen LogP contribution in [0.1, 0.15) is 12.5 Å². The van der Waals surface area contributed by atoms with Gasteiger partial charge >= 0.3 is 6.03 Å². The number of urea groups is 1. The van der Waals surface area contributed by atoms with Crippen LogP contribution >= 0.6 is 0 Å². The Morgan fingerprint density at radius 3 is 2.79 bits per heavy atom. The summed E-state index contributed by atoms with van der Waals surface area (Å²) in [7, 11) is -3.78. The van der Waals surface area contributed by atoms with Gasteiger partial charge in [0.15, 0.2) is 0 Å². The summed E-state index contributed by atoms with van der Waals surface area (Å²) in [5.74, 6) is 0. The van der Waals surface area contributed by atoms with Crippen LogP contribution in [0.25, 0.3) is 0 Å². The lowest BCUT2D eigenvalue weighted by Crippen LogP contribution is -2.54. The molecule has 1 aliphatic rings. The third-order valence-corrected chi connectivity index (χ3v) is 3.84. The molecule has 1 aliphatic heterocycles. The molecule has 0 radical (unpaired) electrons. The maximum Gasteiger partial charge on any atom is 0.353 e. The third kappa shape index (κ3) is 3.09. The molecule has 0 bridgehead atoms. The number of nitrogens with zero attached hydrogens (tertiary/aromatic N) is 2. The molecule has 0 atom stereocenters. The quantitative estimate of drug-likeness (QED) is 0.850. The van der Waals surface area contributed by atoms with Gasteiger partial charge in [0.05, 0.1) is 17.2 Å². The summed E-state index contributed by atoms with van der Waals surface area (Å²) < 4.78 is 24.3. The molecular formula is C11H14N4O3S. The van der Waals surface area contributed by atoms with Crippen LogP contribution in [0.5, 0.6) is 0 Å². The number of nitrogens with one attached hydrogen (secondary N) is 2. The second-order valence-electron chi connectivity index (χ2n) is 4.26. The van der Waals surface area contributed by atoms with Crippen LogP contribution in [-0.2, 0) is 10.0 Å². The fourth-order valence-corrected chi connectivity index (χ4v) is 2.74. The predicted molar refractivity (Wildman–Crippen MR) is 69.8 cm³/mol. The molecule has 102 valence electrons. The van der Waals surface area contributed by atoms with E-state index in [0.29, 0.717) is 5.71 Å². The predicted octanol–water partition coefficient (Wildman–Crippen LogP) is 0.589. The average molecular weight is 282 g/mol. The molecule has 1 aromatic carbocycles. The summed E-state index contributed by atoms with van der Waals surface area (Å²) in [6.07, 6.45) is 0. The lowest BCUT2D eigenvalue weighted by Gasteiger charge is -2.25. The smallest absolute Gasteiger partial charge is 0.245 e. The summed E-state index contributed by atoms with van der Waals surface area (Å²) in [5.41, 5.74) is 3.64. The highest BCUT2D eigenvalue weighted by atomic mass is 32.2. The van der Waals surface area contributed by atoms with E-state index >= 15 is 0 Å². The molecule has 7 nitrogen and oxygen atoms in total. The van der Waals surface area contributed by atoms with Gasteiger partial charge in [-0.25, -0.2) is 23.6 Å². The summed E-state index contributed by atoms with van der Waals surface area (Å²) in [5, 5.41) is 4.69. The first-order valence-electron chi connectivity index (χ1n) is 5.58. The van der Waals surface area contributed by atoms with Gasteiger partial charge < -0.3 is 0 Å². The van der Waals surface area contributed by atoms with Gasteiger partial charge in [-0.1, -0.05) is 12.1 Å². The van der Waals surface area contributed by atoms with Gasteiger partial charge in [-0.05, 0) is 31.5 Å². The maximum absolute atomic E-state index is 12.1. The summed E-state index contributed by atoms with van der Waals surface area (Å²) in [6, 6.07) is 5.83. The summed E-state index contributed by atoms with van der Waals surface area (Å²) in [6.45, 7) is 3.59. The van der Waals surface area contributed by atoms with Gasteiger partial charge in [-0.15, -0.1) is 4.83 Å². The molecule has 1 heterocycles. The van der Waals surface area contributed by atoms with Crippen LogP contribution in [0, 0.1) is 6.92 Å². The zero-order valence-corrected chi connectivity index (χ0v) is 11.4. The van der Waals surface area contributed by atoms with E-state index < -0.39 is 16.1 Å². The molecule has 19 heavy (non-hydrogen) atoms. The van der Waals surface area contributed by atoms with Gasteiger partial charge in [0.25, 0.3) is 10.0 Å². The van der Waals surface area contributed by atoms with E-state index in [0.717, 1.165) is 10.6 Å². The van der Waals surface area contributed by atoms with Crippen molar-refractivity contribution in [2.45, 2.75) is 18.7 Å². The lowest BCUT2D eigenvalue weighted by molar-refractivity contribution is 0.193. The number of carbonyl (C=O) groups excluding carboxylic acids is 1. The number of hydrogen-bond acceptors (Lipinski definition) is 4. The minimum atomic E-state index is -3.78. The Hall–Kier alpha value is -1.93. The standard InChI is InChI=1S/C11H14N4O3S/c1-8-4-3-5-10(6-8)19(17,18)14-15-7-9(2)12-13-11(15)16/h3-6,14H,7H2,1-2H3,(H,13,16). The Morgan fingerprint density at radius 1 is 1.37 bits per heavy atom. The molecule has 2 amide bonds. The van der Waals surface area contributed by atoms with Crippen LogP contribution in [0.3, 0.4) is 0 Å². The minimum absolute atomic E-state index is 0.108. The van der Waals surface area contributed by atoms with Gasteiger partial charge in [0, 0.05) is 0 Å². The van der Waals surface area contributed by atoms with Crippen molar-refractivity contribution < 1.29 is 13.2 Å². The zero-order chi connectivity index (χ0) is 14.0. The fourth-order valence-electron chi connectivity index (χ4n) is 1.59. The normalized spacial score (nSPS) is 16.0. The van der Waals surface area contributed by atoms with E-state index in [1.807, 2.05) is 0 Å². The topological polar surface area (TPSA) is 90.9 Å². The second kappa shape index (κ2) is 4.98. The fraction of sp³-hybridized carbons (Fsp3) is 0.273. The van der Waals surface area contributed by atoms with Crippen molar-refractivity contribution in [1.29, 1.82) is 0 Å². The van der Waals surface area contributed by atoms with Crippen molar-refractivity contribution >= 4 is 21.8 Å². The Morgan fingerprint density at radius 2 is 2.11 bits per heavy atom. The van der Waals surface area contributed by atoms with E-state index in [4.69, 9.17) is 0 Å². The molecule has 2 rings (SSSR count). The number of benzene rings is 1. The van der Waals surface area contributed by atoms with Gasteiger partial charge in [0.2, 0.25) is 0 Å². The number of hydrogen-bond donors (Lipinski definition) is 2.